The van der Waals surface area contributed by atoms with E-state index in [1.165, 1.54) is 0 Å². The summed E-state index contributed by atoms with van der Waals surface area (Å²) in [5.74, 6) is 1.75. The van der Waals surface area contributed by atoms with Crippen LogP contribution in [0.25, 0.3) is 0 Å². The molecule has 1 aromatic carbocycles. The van der Waals surface area contributed by atoms with Crippen LogP contribution in [0.4, 0.5) is 0 Å². The van der Waals surface area contributed by atoms with E-state index in [0.29, 0.717) is 29.0 Å². The van der Waals surface area contributed by atoms with Crippen LogP contribution in [0.15, 0.2) is 18.2 Å². The average molecular weight is 329 g/mol. The second kappa shape index (κ2) is 7.05. The fourth-order valence-electron chi connectivity index (χ4n) is 2.07. The first-order valence-electron chi connectivity index (χ1n) is 6.68. The van der Waals surface area contributed by atoms with E-state index in [1.54, 1.807) is 7.11 Å². The maximum absolute atomic E-state index is 6.27. The Hall–Kier alpha value is -1.39. The van der Waals surface area contributed by atoms with Crippen LogP contribution in [-0.4, -0.2) is 16.9 Å². The van der Waals surface area contributed by atoms with E-state index in [9.17, 15) is 0 Å². The van der Waals surface area contributed by atoms with Gasteiger partial charge in [-0.05, 0) is 31.5 Å². The third kappa shape index (κ3) is 3.44. The Bertz CT molecular complexity index is 626. The van der Waals surface area contributed by atoms with Gasteiger partial charge < -0.3 is 9.47 Å². The van der Waals surface area contributed by atoms with E-state index >= 15 is 0 Å². The van der Waals surface area contributed by atoms with Gasteiger partial charge in [0.2, 0.25) is 0 Å². The number of nitrogens with zero attached hydrogens (tertiary/aromatic N) is 2. The van der Waals surface area contributed by atoms with Crippen molar-refractivity contribution in [3.63, 3.8) is 0 Å². The fraction of sp³-hybridized carbons (Fsp3) is 0.400. The Morgan fingerprint density at radius 2 is 2.05 bits per heavy atom. The fourth-order valence-corrected chi connectivity index (χ4v) is 2.42. The number of hydrogen-bond acceptors (Lipinski definition) is 3. The second-order valence-electron chi connectivity index (χ2n) is 4.57. The lowest BCUT2D eigenvalue weighted by atomic mass is 10.2. The first kappa shape index (κ1) is 16.0. The van der Waals surface area contributed by atoms with Crippen molar-refractivity contribution < 1.29 is 9.47 Å². The zero-order valence-corrected chi connectivity index (χ0v) is 13.8. The van der Waals surface area contributed by atoms with Crippen LogP contribution in [0.3, 0.4) is 0 Å². The number of aromatic nitrogens is 2. The van der Waals surface area contributed by atoms with E-state index in [1.807, 2.05) is 36.7 Å². The molecule has 0 aliphatic heterocycles. The minimum absolute atomic E-state index is 0.337. The number of methoxy groups -OCH3 is 1. The highest BCUT2D eigenvalue weighted by Crippen LogP contribution is 2.30. The molecule has 0 amide bonds. The Morgan fingerprint density at radius 1 is 1.29 bits per heavy atom. The highest BCUT2D eigenvalue weighted by atomic mass is 35.5. The van der Waals surface area contributed by atoms with E-state index in [2.05, 4.69) is 5.10 Å². The topological polar surface area (TPSA) is 36.3 Å². The number of ether oxygens (including phenoxy) is 2. The number of aryl methyl sites for hydroxylation is 2. The van der Waals surface area contributed by atoms with Crippen LogP contribution in [0.5, 0.6) is 11.5 Å². The summed E-state index contributed by atoms with van der Waals surface area (Å²) in [6, 6.07) is 5.63. The van der Waals surface area contributed by atoms with Gasteiger partial charge in [-0.25, -0.2) is 0 Å². The zero-order valence-electron chi connectivity index (χ0n) is 12.3. The third-order valence-electron chi connectivity index (χ3n) is 3.20. The smallest absolute Gasteiger partial charge is 0.161 e. The molecule has 0 spiro atoms. The first-order chi connectivity index (χ1) is 10.1. The molecule has 0 atom stereocenters. The molecule has 0 unspecified atom stereocenters. The van der Waals surface area contributed by atoms with Gasteiger partial charge in [0.05, 0.1) is 23.5 Å². The summed E-state index contributed by atoms with van der Waals surface area (Å²) in [6.07, 6.45) is 0. The molecule has 0 fully saturated rings. The summed E-state index contributed by atoms with van der Waals surface area (Å²) >= 11 is 12.1. The molecule has 0 aliphatic carbocycles. The zero-order chi connectivity index (χ0) is 15.4. The molecule has 2 rings (SSSR count). The Balaban J connectivity index is 2.20. The van der Waals surface area contributed by atoms with Gasteiger partial charge in [0.25, 0.3) is 0 Å². The van der Waals surface area contributed by atoms with Crippen molar-refractivity contribution in [3.8, 4) is 11.5 Å². The minimum Gasteiger partial charge on any atom is -0.493 e. The van der Waals surface area contributed by atoms with Gasteiger partial charge in [-0.1, -0.05) is 17.7 Å². The SMILES string of the molecule is CCn1nc(C)c(Cl)c1COc1ccc(CCl)cc1OC. The molecule has 0 N–H and O–H groups in total. The van der Waals surface area contributed by atoms with Gasteiger partial charge in [0.1, 0.15) is 6.61 Å². The molecule has 0 aliphatic rings. The number of hydrogen-bond donors (Lipinski definition) is 0. The predicted octanol–water partition coefficient (Wildman–Crippen LogP) is 4.19. The normalized spacial score (nSPS) is 10.7. The van der Waals surface area contributed by atoms with Crippen LogP contribution in [0.2, 0.25) is 5.02 Å². The number of halogens is 2. The van der Waals surface area contributed by atoms with E-state index < -0.39 is 0 Å². The molecule has 0 saturated carbocycles. The van der Waals surface area contributed by atoms with Crippen molar-refractivity contribution in [1.82, 2.24) is 9.78 Å². The Kier molecular flexibility index (Phi) is 5.37. The van der Waals surface area contributed by atoms with Crippen molar-refractivity contribution in [2.75, 3.05) is 7.11 Å². The summed E-state index contributed by atoms with van der Waals surface area (Å²) in [6.45, 7) is 4.98. The molecule has 6 heteroatoms. The molecule has 1 aromatic heterocycles. The summed E-state index contributed by atoms with van der Waals surface area (Å²) in [4.78, 5) is 0. The van der Waals surface area contributed by atoms with Gasteiger partial charge in [-0.15, -0.1) is 11.6 Å². The number of rotatable bonds is 6. The van der Waals surface area contributed by atoms with Crippen molar-refractivity contribution in [3.05, 3.63) is 40.2 Å². The van der Waals surface area contributed by atoms with Crippen LogP contribution < -0.4 is 9.47 Å². The van der Waals surface area contributed by atoms with E-state index in [4.69, 9.17) is 32.7 Å². The van der Waals surface area contributed by atoms with Gasteiger partial charge in [-0.2, -0.15) is 5.10 Å². The van der Waals surface area contributed by atoms with Crippen LogP contribution >= 0.6 is 23.2 Å². The van der Waals surface area contributed by atoms with Gasteiger partial charge >= 0.3 is 0 Å². The Labute approximate surface area is 134 Å². The highest BCUT2D eigenvalue weighted by Gasteiger charge is 2.14. The van der Waals surface area contributed by atoms with Gasteiger partial charge in [0, 0.05) is 12.4 Å². The summed E-state index contributed by atoms with van der Waals surface area (Å²) in [5, 5.41) is 5.01. The largest absolute Gasteiger partial charge is 0.493 e. The summed E-state index contributed by atoms with van der Waals surface area (Å²) in [5.41, 5.74) is 2.65. The quantitative estimate of drug-likeness (QED) is 0.746. The van der Waals surface area contributed by atoms with E-state index in [0.717, 1.165) is 23.5 Å². The van der Waals surface area contributed by atoms with E-state index in [-0.39, 0.29) is 0 Å². The van der Waals surface area contributed by atoms with Crippen molar-refractivity contribution in [2.24, 2.45) is 0 Å². The summed E-state index contributed by atoms with van der Waals surface area (Å²) < 4.78 is 13.0. The van der Waals surface area contributed by atoms with Crippen molar-refractivity contribution in [1.29, 1.82) is 0 Å². The highest BCUT2D eigenvalue weighted by molar-refractivity contribution is 6.31. The van der Waals surface area contributed by atoms with Crippen LogP contribution in [0, 0.1) is 6.92 Å². The molecule has 114 valence electrons. The lowest BCUT2D eigenvalue weighted by Gasteiger charge is -2.12. The molecule has 1 heterocycles. The molecule has 21 heavy (non-hydrogen) atoms. The standard InChI is InChI=1S/C15H18Cl2N2O2/c1-4-19-12(15(17)10(2)18-19)9-21-13-6-5-11(8-16)7-14(13)20-3/h5-7H,4,8-9H2,1-3H3. The van der Waals surface area contributed by atoms with Crippen molar-refractivity contribution >= 4 is 23.2 Å². The first-order valence-corrected chi connectivity index (χ1v) is 7.59. The lowest BCUT2D eigenvalue weighted by Crippen LogP contribution is -2.07. The van der Waals surface area contributed by atoms with Gasteiger partial charge in [-0.3, -0.25) is 4.68 Å². The second-order valence-corrected chi connectivity index (χ2v) is 5.21. The lowest BCUT2D eigenvalue weighted by molar-refractivity contribution is 0.274. The molecule has 0 saturated heterocycles. The molecule has 2 aromatic rings. The monoisotopic (exact) mass is 328 g/mol. The molecule has 0 bridgehead atoms. The molecular weight excluding hydrogens is 311 g/mol. The van der Waals surface area contributed by atoms with Crippen LogP contribution in [0.1, 0.15) is 23.9 Å². The average Bonchev–Trinajstić information content (AvgIpc) is 2.79. The maximum atomic E-state index is 6.27. The van der Waals surface area contributed by atoms with Crippen LogP contribution in [-0.2, 0) is 19.0 Å². The summed E-state index contributed by atoms with van der Waals surface area (Å²) in [7, 11) is 1.60. The third-order valence-corrected chi connectivity index (χ3v) is 4.00. The minimum atomic E-state index is 0.337. The number of alkyl halides is 1. The van der Waals surface area contributed by atoms with Gasteiger partial charge in [0.15, 0.2) is 11.5 Å². The Morgan fingerprint density at radius 3 is 2.67 bits per heavy atom. The molecule has 0 radical (unpaired) electrons. The van der Waals surface area contributed by atoms with Crippen molar-refractivity contribution in [2.45, 2.75) is 32.9 Å². The number of benzene rings is 1. The molecular formula is C15H18Cl2N2O2. The maximum Gasteiger partial charge on any atom is 0.161 e. The molecule has 4 nitrogen and oxygen atoms in total. The predicted molar refractivity (Wildman–Crippen MR) is 84.5 cm³/mol.